The number of nitrogens with zero attached hydrogens (tertiary/aromatic N) is 1. The van der Waals surface area contributed by atoms with E-state index in [2.05, 4.69) is 15.0 Å². The summed E-state index contributed by atoms with van der Waals surface area (Å²) in [6.07, 6.45) is 1.78. The van der Waals surface area contributed by atoms with E-state index in [0.29, 0.717) is 5.69 Å². The van der Waals surface area contributed by atoms with E-state index in [1.165, 1.54) is 12.1 Å². The monoisotopic (exact) mass is 387 g/mol. The highest BCUT2D eigenvalue weighted by atomic mass is 32.2. The second-order valence-corrected chi connectivity index (χ2v) is 8.09. The Morgan fingerprint density at radius 2 is 1.77 bits per heavy atom. The lowest BCUT2D eigenvalue weighted by atomic mass is 10.2. The number of sulfonamides is 1. The summed E-state index contributed by atoms with van der Waals surface area (Å²) in [4.78, 5) is 16.4. The number of aromatic nitrogens is 1. The summed E-state index contributed by atoms with van der Waals surface area (Å²) in [5, 5.41) is 5.57. The van der Waals surface area contributed by atoms with Crippen LogP contribution < -0.4 is 10.0 Å². The van der Waals surface area contributed by atoms with Gasteiger partial charge >= 0.3 is 0 Å². The molecule has 0 aliphatic heterocycles. The van der Waals surface area contributed by atoms with Crippen LogP contribution in [0.25, 0.3) is 10.6 Å². The van der Waals surface area contributed by atoms with Gasteiger partial charge in [-0.05, 0) is 36.4 Å². The molecule has 0 saturated carbocycles. The summed E-state index contributed by atoms with van der Waals surface area (Å²) in [6, 6.07) is 15.4. The third-order valence-corrected chi connectivity index (χ3v) is 5.84. The van der Waals surface area contributed by atoms with Crippen LogP contribution >= 0.6 is 11.3 Å². The first-order valence-corrected chi connectivity index (χ1v) is 10.3. The van der Waals surface area contributed by atoms with Crippen molar-refractivity contribution >= 4 is 33.0 Å². The zero-order valence-electron chi connectivity index (χ0n) is 13.8. The van der Waals surface area contributed by atoms with Crippen molar-refractivity contribution in [1.29, 1.82) is 0 Å². The maximum Gasteiger partial charge on any atom is 0.240 e. The molecule has 6 nitrogen and oxygen atoms in total. The molecule has 2 aromatic carbocycles. The Bertz CT molecular complexity index is 955. The first-order valence-electron chi connectivity index (χ1n) is 7.89. The van der Waals surface area contributed by atoms with Crippen molar-refractivity contribution in [3.8, 4) is 10.6 Å². The van der Waals surface area contributed by atoms with Crippen LogP contribution in [0.5, 0.6) is 0 Å². The van der Waals surface area contributed by atoms with Crippen molar-refractivity contribution in [1.82, 2.24) is 9.71 Å². The number of thiazole rings is 1. The van der Waals surface area contributed by atoms with Crippen LogP contribution in [-0.4, -0.2) is 25.9 Å². The molecule has 1 amide bonds. The Balaban J connectivity index is 1.50. The molecule has 3 rings (SSSR count). The molecule has 26 heavy (non-hydrogen) atoms. The number of nitrogens with one attached hydrogen (secondary N) is 2. The fourth-order valence-corrected chi connectivity index (χ4v) is 3.96. The predicted octanol–water partition coefficient (Wildman–Crippen LogP) is 3.12. The maximum absolute atomic E-state index is 12.1. The Kier molecular flexibility index (Phi) is 5.77. The number of hydrogen-bond donors (Lipinski definition) is 2. The van der Waals surface area contributed by atoms with Crippen molar-refractivity contribution in [3.63, 3.8) is 0 Å². The normalized spacial score (nSPS) is 11.2. The molecule has 0 saturated heterocycles. The number of anilines is 1. The van der Waals surface area contributed by atoms with Gasteiger partial charge in [0.05, 0.1) is 4.90 Å². The number of benzene rings is 2. The largest absolute Gasteiger partial charge is 0.326 e. The molecule has 134 valence electrons. The molecule has 2 N–H and O–H groups in total. The molecule has 0 aliphatic carbocycles. The van der Waals surface area contributed by atoms with E-state index in [1.807, 2.05) is 17.5 Å². The molecular weight excluding hydrogens is 370 g/mol. The van der Waals surface area contributed by atoms with Crippen LogP contribution in [-0.2, 0) is 14.8 Å². The summed E-state index contributed by atoms with van der Waals surface area (Å²) in [5.74, 6) is -0.261. The highest BCUT2D eigenvalue weighted by Crippen LogP contribution is 2.23. The molecule has 3 aromatic rings. The third kappa shape index (κ3) is 4.75. The summed E-state index contributed by atoms with van der Waals surface area (Å²) < 4.78 is 26.6. The number of carbonyl (C=O) groups is 1. The molecule has 8 heteroatoms. The number of hydrogen-bond acceptors (Lipinski definition) is 5. The van der Waals surface area contributed by atoms with E-state index in [4.69, 9.17) is 0 Å². The summed E-state index contributed by atoms with van der Waals surface area (Å²) >= 11 is 1.54. The summed E-state index contributed by atoms with van der Waals surface area (Å²) in [6.45, 7) is 0.0280. The lowest BCUT2D eigenvalue weighted by molar-refractivity contribution is -0.116. The van der Waals surface area contributed by atoms with E-state index in [9.17, 15) is 13.2 Å². The lowest BCUT2D eigenvalue weighted by Crippen LogP contribution is -2.27. The highest BCUT2D eigenvalue weighted by molar-refractivity contribution is 7.89. The second-order valence-electron chi connectivity index (χ2n) is 5.42. The molecule has 0 spiro atoms. The molecule has 0 radical (unpaired) electrons. The SMILES string of the molecule is O=C(CCNS(=O)(=O)c1ccccc1)Nc1ccc(-c2nccs2)cc1. The Hall–Kier alpha value is -2.55. The Labute approximate surface area is 156 Å². The fraction of sp³-hybridized carbons (Fsp3) is 0.111. The highest BCUT2D eigenvalue weighted by Gasteiger charge is 2.13. The predicted molar refractivity (Wildman–Crippen MR) is 102 cm³/mol. The smallest absolute Gasteiger partial charge is 0.240 e. The first-order chi connectivity index (χ1) is 12.5. The van der Waals surface area contributed by atoms with Crippen molar-refractivity contribution in [2.45, 2.75) is 11.3 Å². The number of amides is 1. The van der Waals surface area contributed by atoms with Crippen molar-refractivity contribution in [2.75, 3.05) is 11.9 Å². The van der Waals surface area contributed by atoms with Crippen LogP contribution in [0, 0.1) is 0 Å². The van der Waals surface area contributed by atoms with Crippen LogP contribution in [0.1, 0.15) is 6.42 Å². The van der Waals surface area contributed by atoms with Gasteiger partial charge in [0.2, 0.25) is 15.9 Å². The quantitative estimate of drug-likeness (QED) is 0.652. The first kappa shape index (κ1) is 18.2. The number of rotatable bonds is 7. The molecule has 0 unspecified atom stereocenters. The van der Waals surface area contributed by atoms with Gasteiger partial charge < -0.3 is 5.32 Å². The summed E-state index contributed by atoms with van der Waals surface area (Å²) in [7, 11) is -3.60. The molecular formula is C18H17N3O3S2. The van der Waals surface area contributed by atoms with Crippen molar-refractivity contribution in [2.24, 2.45) is 0 Å². The van der Waals surface area contributed by atoms with Crippen molar-refractivity contribution in [3.05, 3.63) is 66.2 Å². The molecule has 1 heterocycles. The standard InChI is InChI=1S/C18H17N3O3S2/c22-17(10-11-20-26(23,24)16-4-2-1-3-5-16)21-15-8-6-14(7-9-15)18-19-12-13-25-18/h1-9,12-13,20H,10-11H2,(H,21,22). The molecule has 0 bridgehead atoms. The molecule has 1 aromatic heterocycles. The van der Waals surface area contributed by atoms with E-state index in [-0.39, 0.29) is 23.8 Å². The minimum Gasteiger partial charge on any atom is -0.326 e. The van der Waals surface area contributed by atoms with Crippen LogP contribution in [0.15, 0.2) is 71.1 Å². The van der Waals surface area contributed by atoms with Gasteiger partial charge in [-0.2, -0.15) is 0 Å². The molecule has 0 atom stereocenters. The van der Waals surface area contributed by atoms with Gasteiger partial charge in [0.1, 0.15) is 5.01 Å². The lowest BCUT2D eigenvalue weighted by Gasteiger charge is -2.08. The van der Waals surface area contributed by atoms with Gasteiger partial charge in [0, 0.05) is 35.8 Å². The van der Waals surface area contributed by atoms with Gasteiger partial charge in [-0.15, -0.1) is 11.3 Å². The second kappa shape index (κ2) is 8.22. The van der Waals surface area contributed by atoms with Gasteiger partial charge in [0.25, 0.3) is 0 Å². The minimum absolute atomic E-state index is 0.0280. The Morgan fingerprint density at radius 3 is 2.42 bits per heavy atom. The van der Waals surface area contributed by atoms with Crippen molar-refractivity contribution < 1.29 is 13.2 Å². The van der Waals surface area contributed by atoms with E-state index in [1.54, 1.807) is 47.9 Å². The summed E-state index contributed by atoms with van der Waals surface area (Å²) in [5.41, 5.74) is 1.63. The van der Waals surface area contributed by atoms with Gasteiger partial charge in [-0.1, -0.05) is 18.2 Å². The fourth-order valence-electron chi connectivity index (χ4n) is 2.27. The van der Waals surface area contributed by atoms with Gasteiger partial charge in [-0.25, -0.2) is 18.1 Å². The van der Waals surface area contributed by atoms with Gasteiger partial charge in [0.15, 0.2) is 0 Å². The van der Waals surface area contributed by atoms with Gasteiger partial charge in [-0.3, -0.25) is 4.79 Å². The van der Waals surface area contributed by atoms with Crippen LogP contribution in [0.3, 0.4) is 0 Å². The van der Waals surface area contributed by atoms with E-state index < -0.39 is 10.0 Å². The number of carbonyl (C=O) groups excluding carboxylic acids is 1. The van der Waals surface area contributed by atoms with Crippen LogP contribution in [0.4, 0.5) is 5.69 Å². The molecule has 0 aliphatic rings. The minimum atomic E-state index is -3.60. The van der Waals surface area contributed by atoms with E-state index in [0.717, 1.165) is 10.6 Å². The maximum atomic E-state index is 12.1. The van der Waals surface area contributed by atoms with E-state index >= 15 is 0 Å². The zero-order valence-corrected chi connectivity index (χ0v) is 15.4. The zero-order chi connectivity index (χ0) is 18.4. The van der Waals surface area contributed by atoms with Crippen LogP contribution in [0.2, 0.25) is 0 Å². The average Bonchev–Trinajstić information content (AvgIpc) is 3.18. The third-order valence-electron chi connectivity index (χ3n) is 3.55. The molecule has 0 fully saturated rings. The average molecular weight is 387 g/mol. The Morgan fingerprint density at radius 1 is 1.04 bits per heavy atom. The topological polar surface area (TPSA) is 88.2 Å².